The molecule has 1 N–H and O–H groups in total. The number of piperidine rings is 1. The molecule has 1 saturated heterocycles. The number of nitrogens with one attached hydrogen (secondary N) is 1. The van der Waals surface area contributed by atoms with Crippen molar-refractivity contribution in [1.82, 2.24) is 19.9 Å². The van der Waals surface area contributed by atoms with Gasteiger partial charge in [-0.15, -0.1) is 0 Å². The van der Waals surface area contributed by atoms with Gasteiger partial charge in [0.1, 0.15) is 22.8 Å². The summed E-state index contributed by atoms with van der Waals surface area (Å²) in [6.45, 7) is 1.80. The third-order valence-corrected chi connectivity index (χ3v) is 7.78. The van der Waals surface area contributed by atoms with E-state index in [4.69, 9.17) is 14.7 Å². The van der Waals surface area contributed by atoms with E-state index in [-0.39, 0.29) is 11.8 Å². The fourth-order valence-corrected chi connectivity index (χ4v) is 5.69. The van der Waals surface area contributed by atoms with Crippen LogP contribution in [0, 0.1) is 0 Å². The molecule has 6 aromatic rings. The Balaban J connectivity index is 1.29. The van der Waals surface area contributed by atoms with E-state index in [1.165, 1.54) is 17.5 Å². The Kier molecular flexibility index (Phi) is 6.63. The molecule has 210 valence electrons. The number of alkyl halides is 3. The number of rotatable bonds is 5. The average Bonchev–Trinajstić information content (AvgIpc) is 3.40. The molecule has 42 heavy (non-hydrogen) atoms. The lowest BCUT2D eigenvalue weighted by Gasteiger charge is -2.26. The number of pyridine rings is 1. The fourth-order valence-electron chi connectivity index (χ4n) is 5.69. The Morgan fingerprint density at radius 3 is 2.31 bits per heavy atom. The minimum Gasteiger partial charge on any atom is -0.457 e. The van der Waals surface area contributed by atoms with Crippen LogP contribution in [0.2, 0.25) is 0 Å². The average molecular weight is 565 g/mol. The lowest BCUT2D eigenvalue weighted by atomic mass is 10.0. The van der Waals surface area contributed by atoms with E-state index in [1.54, 1.807) is 6.07 Å². The summed E-state index contributed by atoms with van der Waals surface area (Å²) >= 11 is 0. The maximum absolute atomic E-state index is 13.2. The Morgan fingerprint density at radius 2 is 1.50 bits per heavy atom. The van der Waals surface area contributed by atoms with Gasteiger partial charge in [0.25, 0.3) is 0 Å². The van der Waals surface area contributed by atoms with Gasteiger partial charge >= 0.3 is 6.18 Å². The predicted molar refractivity (Wildman–Crippen MR) is 159 cm³/mol. The molecule has 0 aliphatic carbocycles. The molecule has 1 aliphatic heterocycles. The van der Waals surface area contributed by atoms with Gasteiger partial charge in [0.05, 0.1) is 5.56 Å². The van der Waals surface area contributed by atoms with Gasteiger partial charge in [-0.3, -0.25) is 0 Å². The third-order valence-electron chi connectivity index (χ3n) is 7.78. The largest absolute Gasteiger partial charge is 0.457 e. The summed E-state index contributed by atoms with van der Waals surface area (Å²) in [4.78, 5) is 10.0. The van der Waals surface area contributed by atoms with Crippen LogP contribution >= 0.6 is 0 Å². The summed E-state index contributed by atoms with van der Waals surface area (Å²) in [5, 5.41) is 5.77. The highest BCUT2D eigenvalue weighted by molar-refractivity contribution is 5.89. The first-order valence-electron chi connectivity index (χ1n) is 14.0. The fraction of sp³-hybridized carbons (Fsp3) is 0.176. The molecule has 1 fully saturated rings. The first-order valence-corrected chi connectivity index (χ1v) is 14.0. The van der Waals surface area contributed by atoms with Crippen LogP contribution in [0.4, 0.5) is 13.2 Å². The van der Waals surface area contributed by atoms with Crippen LogP contribution in [0.5, 0.6) is 11.5 Å². The van der Waals surface area contributed by atoms with Crippen molar-refractivity contribution in [3.05, 3.63) is 109 Å². The zero-order chi connectivity index (χ0) is 28.7. The Hall–Kier alpha value is -4.69. The van der Waals surface area contributed by atoms with E-state index in [1.807, 2.05) is 36.5 Å². The van der Waals surface area contributed by atoms with Crippen LogP contribution < -0.4 is 10.1 Å². The molecule has 1 aliphatic rings. The van der Waals surface area contributed by atoms with Crippen LogP contribution in [-0.2, 0) is 6.18 Å². The molecular formula is C34H27F3N4O. The molecule has 0 unspecified atom stereocenters. The van der Waals surface area contributed by atoms with Crippen molar-refractivity contribution in [1.29, 1.82) is 0 Å². The molecule has 3 heterocycles. The molecule has 4 aromatic carbocycles. The van der Waals surface area contributed by atoms with Crippen molar-refractivity contribution < 1.29 is 17.9 Å². The summed E-state index contributed by atoms with van der Waals surface area (Å²) in [6.07, 6.45) is -0.664. The third kappa shape index (κ3) is 5.10. The predicted octanol–water partition coefficient (Wildman–Crippen LogP) is 8.65. The first-order chi connectivity index (χ1) is 20.4. The van der Waals surface area contributed by atoms with Crippen molar-refractivity contribution in [2.75, 3.05) is 13.1 Å². The van der Waals surface area contributed by atoms with Gasteiger partial charge in [-0.25, -0.2) is 9.97 Å². The maximum atomic E-state index is 13.2. The van der Waals surface area contributed by atoms with Crippen molar-refractivity contribution in [3.8, 4) is 34.0 Å². The monoisotopic (exact) mass is 564 g/mol. The lowest BCUT2D eigenvalue weighted by Crippen LogP contribution is -2.29. The molecule has 0 atom stereocenters. The van der Waals surface area contributed by atoms with Gasteiger partial charge < -0.3 is 14.6 Å². The molecule has 8 heteroatoms. The molecule has 0 amide bonds. The van der Waals surface area contributed by atoms with Crippen LogP contribution in [0.15, 0.2) is 103 Å². The van der Waals surface area contributed by atoms with Crippen molar-refractivity contribution in [2.45, 2.75) is 25.1 Å². The van der Waals surface area contributed by atoms with E-state index in [9.17, 15) is 13.2 Å². The Bertz CT molecular complexity index is 1910. The van der Waals surface area contributed by atoms with Crippen molar-refractivity contribution >= 4 is 21.9 Å². The number of ether oxygens (including phenoxy) is 1. The highest BCUT2D eigenvalue weighted by atomic mass is 19.4. The standard InChI is InChI=1S/C34H27F3N4O/c35-34(36,37)27-8-4-10-30(20-27)42-29-9-3-7-25(18-29)32-40-31-19-26(24-12-11-22-5-1-2-6-23(22)17-24)21-39-33(31)41(32)28-13-15-38-16-14-28/h1-12,17-21,28,38H,13-16H2. The molecule has 7 rings (SSSR count). The van der Waals surface area contributed by atoms with E-state index < -0.39 is 11.7 Å². The second kappa shape index (κ2) is 10.6. The van der Waals surface area contributed by atoms with Crippen LogP contribution in [0.25, 0.3) is 44.5 Å². The number of nitrogens with zero attached hydrogens (tertiary/aromatic N) is 3. The highest BCUT2D eigenvalue weighted by Crippen LogP contribution is 2.36. The van der Waals surface area contributed by atoms with Crippen LogP contribution in [0.1, 0.15) is 24.4 Å². The zero-order valence-electron chi connectivity index (χ0n) is 22.6. The molecular weight excluding hydrogens is 537 g/mol. The zero-order valence-corrected chi connectivity index (χ0v) is 22.6. The molecule has 0 radical (unpaired) electrons. The minimum absolute atomic E-state index is 0.121. The van der Waals surface area contributed by atoms with Gasteiger partial charge in [-0.1, -0.05) is 54.6 Å². The molecule has 0 bridgehead atoms. The van der Waals surface area contributed by atoms with Gasteiger partial charge in [0, 0.05) is 23.4 Å². The number of hydrogen-bond acceptors (Lipinski definition) is 4. The smallest absolute Gasteiger partial charge is 0.416 e. The molecule has 5 nitrogen and oxygen atoms in total. The number of fused-ring (bicyclic) bond motifs is 2. The van der Waals surface area contributed by atoms with E-state index in [0.29, 0.717) is 5.75 Å². The summed E-state index contributed by atoms with van der Waals surface area (Å²) in [5.41, 5.74) is 3.71. The quantitative estimate of drug-likeness (QED) is 0.228. The highest BCUT2D eigenvalue weighted by Gasteiger charge is 2.30. The number of imidazole rings is 1. The van der Waals surface area contributed by atoms with Gasteiger partial charge in [-0.05, 0) is 84.7 Å². The molecule has 0 spiro atoms. The second-order valence-corrected chi connectivity index (χ2v) is 10.6. The molecule has 2 aromatic heterocycles. The van der Waals surface area contributed by atoms with Crippen molar-refractivity contribution in [3.63, 3.8) is 0 Å². The summed E-state index contributed by atoms with van der Waals surface area (Å²) in [7, 11) is 0. The number of aromatic nitrogens is 3. The van der Waals surface area contributed by atoms with Gasteiger partial charge in [-0.2, -0.15) is 13.2 Å². The van der Waals surface area contributed by atoms with Gasteiger partial charge in [0.15, 0.2) is 5.65 Å². The SMILES string of the molecule is FC(F)(F)c1cccc(Oc2cccc(-c3nc4cc(-c5ccc6ccccc6c5)cnc4n3C3CCNCC3)c2)c1. The van der Waals surface area contributed by atoms with Crippen molar-refractivity contribution in [2.24, 2.45) is 0 Å². The normalized spacial score (nSPS) is 14.5. The van der Waals surface area contributed by atoms with E-state index in [0.717, 1.165) is 77.1 Å². The lowest BCUT2D eigenvalue weighted by molar-refractivity contribution is -0.137. The van der Waals surface area contributed by atoms with Crippen LogP contribution in [0.3, 0.4) is 0 Å². The Labute approximate surface area is 240 Å². The summed E-state index contributed by atoms with van der Waals surface area (Å²) < 4.78 is 47.8. The first kappa shape index (κ1) is 26.2. The number of benzene rings is 4. The maximum Gasteiger partial charge on any atom is 0.416 e. The Morgan fingerprint density at radius 1 is 0.738 bits per heavy atom. The second-order valence-electron chi connectivity index (χ2n) is 10.6. The topological polar surface area (TPSA) is 52.0 Å². The minimum atomic E-state index is -4.44. The molecule has 0 saturated carbocycles. The summed E-state index contributed by atoms with van der Waals surface area (Å²) in [6, 6.07) is 29.2. The summed E-state index contributed by atoms with van der Waals surface area (Å²) in [5.74, 6) is 1.31. The van der Waals surface area contributed by atoms with Crippen LogP contribution in [-0.4, -0.2) is 27.6 Å². The van der Waals surface area contributed by atoms with E-state index >= 15 is 0 Å². The van der Waals surface area contributed by atoms with Gasteiger partial charge in [0.2, 0.25) is 0 Å². The van der Waals surface area contributed by atoms with E-state index in [2.05, 4.69) is 46.3 Å². The number of halogens is 3. The number of hydrogen-bond donors (Lipinski definition) is 1.